The molecule has 1 amide bonds. The largest absolute Gasteiger partial charge is 0.493 e. The van der Waals surface area contributed by atoms with Crippen molar-refractivity contribution in [1.82, 2.24) is 4.98 Å². The molecule has 0 radical (unpaired) electrons. The van der Waals surface area contributed by atoms with E-state index in [0.717, 1.165) is 0 Å². The lowest BCUT2D eigenvalue weighted by atomic mass is 10.2. The predicted molar refractivity (Wildman–Crippen MR) is 80.8 cm³/mol. The molecule has 1 heterocycles. The Morgan fingerprint density at radius 1 is 1.18 bits per heavy atom. The third kappa shape index (κ3) is 4.59. The maximum Gasteiger partial charge on any atom is 0.338 e. The van der Waals surface area contributed by atoms with Gasteiger partial charge in [0.2, 0.25) is 5.91 Å². The number of aromatic nitrogens is 1. The van der Waals surface area contributed by atoms with E-state index in [9.17, 15) is 9.59 Å². The minimum absolute atomic E-state index is 0.180. The van der Waals surface area contributed by atoms with E-state index in [1.807, 2.05) is 30.3 Å². The molecule has 0 aliphatic rings. The van der Waals surface area contributed by atoms with Crippen LogP contribution >= 0.6 is 0 Å². The maximum absolute atomic E-state index is 11.8. The molecule has 1 aromatic carbocycles. The van der Waals surface area contributed by atoms with Crippen LogP contribution in [0, 0.1) is 0 Å². The summed E-state index contributed by atoms with van der Waals surface area (Å²) in [6.07, 6.45) is 1.61. The highest BCUT2D eigenvalue weighted by Crippen LogP contribution is 2.10. The Morgan fingerprint density at radius 3 is 2.68 bits per heavy atom. The van der Waals surface area contributed by atoms with Gasteiger partial charge < -0.3 is 14.8 Å². The van der Waals surface area contributed by atoms with Crippen molar-refractivity contribution in [2.75, 3.05) is 19.0 Å². The number of pyridine rings is 1. The van der Waals surface area contributed by atoms with Crippen LogP contribution in [0.25, 0.3) is 0 Å². The lowest BCUT2D eigenvalue weighted by Crippen LogP contribution is -2.16. The zero-order valence-corrected chi connectivity index (χ0v) is 12.1. The first-order valence-corrected chi connectivity index (χ1v) is 6.71. The summed E-state index contributed by atoms with van der Waals surface area (Å²) in [6.45, 7) is 0.256. The summed E-state index contributed by atoms with van der Waals surface area (Å²) in [6, 6.07) is 12.2. The normalized spacial score (nSPS) is 9.86. The van der Waals surface area contributed by atoms with Gasteiger partial charge in [0.1, 0.15) is 11.6 Å². The van der Waals surface area contributed by atoms with Gasteiger partial charge in [-0.15, -0.1) is 0 Å². The molecule has 0 bridgehead atoms. The Bertz CT molecular complexity index is 644. The number of nitrogens with zero attached hydrogens (tertiary/aromatic N) is 1. The molecule has 0 saturated carbocycles. The number of amides is 1. The fourth-order valence-corrected chi connectivity index (χ4v) is 1.73. The van der Waals surface area contributed by atoms with Crippen LogP contribution < -0.4 is 10.1 Å². The molecule has 0 aliphatic heterocycles. The summed E-state index contributed by atoms with van der Waals surface area (Å²) in [4.78, 5) is 27.2. The second-order valence-corrected chi connectivity index (χ2v) is 4.38. The predicted octanol–water partition coefficient (Wildman–Crippen LogP) is 2.28. The minimum atomic E-state index is -0.481. The number of carbonyl (C=O) groups excluding carboxylic acids is 2. The number of rotatable bonds is 6. The quantitative estimate of drug-likeness (QED) is 0.828. The molecule has 2 aromatic rings. The number of ether oxygens (including phenoxy) is 2. The summed E-state index contributed by atoms with van der Waals surface area (Å²) in [5.74, 6) is 0.282. The molecular formula is C16H16N2O4. The summed E-state index contributed by atoms with van der Waals surface area (Å²) in [5.41, 5.74) is 0.327. The molecule has 0 atom stereocenters. The summed E-state index contributed by atoms with van der Waals surface area (Å²) in [7, 11) is 1.29. The first kappa shape index (κ1) is 15.5. The van der Waals surface area contributed by atoms with Crippen molar-refractivity contribution in [3.8, 4) is 5.75 Å². The summed E-state index contributed by atoms with van der Waals surface area (Å²) < 4.78 is 10.0. The lowest BCUT2D eigenvalue weighted by molar-refractivity contribution is -0.116. The van der Waals surface area contributed by atoms with E-state index in [2.05, 4.69) is 15.0 Å². The smallest absolute Gasteiger partial charge is 0.338 e. The molecule has 0 aliphatic carbocycles. The van der Waals surface area contributed by atoms with E-state index in [1.54, 1.807) is 0 Å². The molecule has 1 aromatic heterocycles. The zero-order valence-electron chi connectivity index (χ0n) is 12.1. The minimum Gasteiger partial charge on any atom is -0.493 e. The monoisotopic (exact) mass is 300 g/mol. The number of anilines is 1. The third-order valence-corrected chi connectivity index (χ3v) is 2.79. The van der Waals surface area contributed by atoms with E-state index in [1.165, 1.54) is 25.4 Å². The number of methoxy groups -OCH3 is 1. The number of benzene rings is 1. The van der Waals surface area contributed by atoms with Crippen molar-refractivity contribution >= 4 is 17.7 Å². The van der Waals surface area contributed by atoms with Gasteiger partial charge in [-0.2, -0.15) is 0 Å². The van der Waals surface area contributed by atoms with Crippen LogP contribution in [0.1, 0.15) is 16.8 Å². The molecule has 22 heavy (non-hydrogen) atoms. The lowest BCUT2D eigenvalue weighted by Gasteiger charge is -2.07. The second kappa shape index (κ2) is 7.78. The summed E-state index contributed by atoms with van der Waals surface area (Å²) >= 11 is 0. The number of carbonyl (C=O) groups is 2. The third-order valence-electron chi connectivity index (χ3n) is 2.79. The van der Waals surface area contributed by atoms with Gasteiger partial charge >= 0.3 is 5.97 Å². The van der Waals surface area contributed by atoms with Gasteiger partial charge in [0.05, 0.1) is 25.7 Å². The molecule has 0 unspecified atom stereocenters. The second-order valence-electron chi connectivity index (χ2n) is 4.38. The molecule has 0 fully saturated rings. The number of nitrogens with one attached hydrogen (secondary N) is 1. The molecule has 6 heteroatoms. The average molecular weight is 300 g/mol. The van der Waals surface area contributed by atoms with Gasteiger partial charge in [0, 0.05) is 6.20 Å². The van der Waals surface area contributed by atoms with Gasteiger partial charge in [0.15, 0.2) is 0 Å². The van der Waals surface area contributed by atoms with E-state index in [-0.39, 0.29) is 18.9 Å². The maximum atomic E-state index is 11.8. The van der Waals surface area contributed by atoms with Crippen molar-refractivity contribution in [3.05, 3.63) is 54.2 Å². The summed E-state index contributed by atoms with van der Waals surface area (Å²) in [5, 5.41) is 2.61. The van der Waals surface area contributed by atoms with E-state index in [0.29, 0.717) is 17.1 Å². The van der Waals surface area contributed by atoms with Crippen LogP contribution in [0.15, 0.2) is 48.7 Å². The number of esters is 1. The first-order valence-electron chi connectivity index (χ1n) is 6.71. The topological polar surface area (TPSA) is 77.5 Å². The van der Waals surface area contributed by atoms with Crippen molar-refractivity contribution in [1.29, 1.82) is 0 Å². The fourth-order valence-electron chi connectivity index (χ4n) is 1.73. The van der Waals surface area contributed by atoms with Crippen LogP contribution in [-0.2, 0) is 9.53 Å². The standard InChI is InChI=1S/C16H16N2O4/c1-21-16(20)12-7-9-17-14(11-12)18-15(19)8-10-22-13-5-3-2-4-6-13/h2-7,9,11H,8,10H2,1H3,(H,17,18,19). The van der Waals surface area contributed by atoms with Crippen molar-refractivity contribution in [2.24, 2.45) is 0 Å². The van der Waals surface area contributed by atoms with Crippen LogP contribution in [0.2, 0.25) is 0 Å². The van der Waals surface area contributed by atoms with E-state index >= 15 is 0 Å². The molecular weight excluding hydrogens is 284 g/mol. The highest BCUT2D eigenvalue weighted by Gasteiger charge is 2.09. The first-order chi connectivity index (χ1) is 10.7. The Labute approximate surface area is 128 Å². The molecule has 1 N–H and O–H groups in total. The van der Waals surface area contributed by atoms with Crippen LogP contribution in [0.5, 0.6) is 5.75 Å². The van der Waals surface area contributed by atoms with Gasteiger partial charge in [0.25, 0.3) is 0 Å². The van der Waals surface area contributed by atoms with E-state index in [4.69, 9.17) is 4.74 Å². The Hall–Kier alpha value is -2.89. The van der Waals surface area contributed by atoms with Crippen molar-refractivity contribution in [3.63, 3.8) is 0 Å². The highest BCUT2D eigenvalue weighted by atomic mass is 16.5. The molecule has 0 saturated heterocycles. The highest BCUT2D eigenvalue weighted by molar-refractivity contribution is 5.93. The van der Waals surface area contributed by atoms with E-state index < -0.39 is 5.97 Å². The molecule has 6 nitrogen and oxygen atoms in total. The Balaban J connectivity index is 1.83. The van der Waals surface area contributed by atoms with Crippen LogP contribution in [0.4, 0.5) is 5.82 Å². The van der Waals surface area contributed by atoms with Crippen LogP contribution in [-0.4, -0.2) is 30.6 Å². The van der Waals surface area contributed by atoms with Gasteiger partial charge in [-0.1, -0.05) is 18.2 Å². The number of para-hydroxylation sites is 1. The van der Waals surface area contributed by atoms with Gasteiger partial charge in [-0.05, 0) is 24.3 Å². The number of hydrogen-bond acceptors (Lipinski definition) is 5. The van der Waals surface area contributed by atoms with Crippen LogP contribution in [0.3, 0.4) is 0 Å². The van der Waals surface area contributed by atoms with Gasteiger partial charge in [-0.25, -0.2) is 9.78 Å². The zero-order chi connectivity index (χ0) is 15.8. The van der Waals surface area contributed by atoms with Gasteiger partial charge in [-0.3, -0.25) is 4.79 Å². The average Bonchev–Trinajstić information content (AvgIpc) is 2.55. The Kier molecular flexibility index (Phi) is 5.48. The number of hydrogen-bond donors (Lipinski definition) is 1. The molecule has 0 spiro atoms. The van der Waals surface area contributed by atoms with Crippen molar-refractivity contribution in [2.45, 2.75) is 6.42 Å². The Morgan fingerprint density at radius 2 is 1.95 bits per heavy atom. The molecule has 114 valence electrons. The van der Waals surface area contributed by atoms with Crippen molar-refractivity contribution < 1.29 is 19.1 Å². The molecule has 2 rings (SSSR count). The fraction of sp³-hybridized carbons (Fsp3) is 0.188. The SMILES string of the molecule is COC(=O)c1ccnc(NC(=O)CCOc2ccccc2)c1.